The van der Waals surface area contributed by atoms with E-state index in [2.05, 4.69) is 32.9 Å². The average molecular weight is 190 g/mol. The van der Waals surface area contributed by atoms with Gasteiger partial charge in [0, 0.05) is 7.11 Å². The largest absolute Gasteiger partial charge is 0.374 e. The van der Waals surface area contributed by atoms with Crippen molar-refractivity contribution in [3.63, 3.8) is 0 Å². The van der Waals surface area contributed by atoms with Crippen molar-refractivity contribution in [2.24, 2.45) is 0 Å². The van der Waals surface area contributed by atoms with Crippen LogP contribution in [0, 0.1) is 20.8 Å². The van der Waals surface area contributed by atoms with Crippen LogP contribution in [0.4, 0.5) is 0 Å². The summed E-state index contributed by atoms with van der Waals surface area (Å²) in [5.41, 5.74) is 5.58. The highest BCUT2D eigenvalue weighted by molar-refractivity contribution is 5.44. The standard InChI is InChI=1S/C13H18O/c1-9-7-10(2)12(11(3)8-9)13(14-4)5-6-13/h7-8H,5-6H2,1-4H3. The molecule has 2 rings (SSSR count). The molecule has 1 aliphatic carbocycles. The van der Waals surface area contributed by atoms with Crippen LogP contribution in [-0.2, 0) is 10.3 Å². The Hall–Kier alpha value is -0.820. The number of hydrogen-bond donors (Lipinski definition) is 0. The molecule has 0 bridgehead atoms. The van der Waals surface area contributed by atoms with Gasteiger partial charge in [-0.1, -0.05) is 17.7 Å². The molecule has 1 heteroatoms. The van der Waals surface area contributed by atoms with Crippen LogP contribution in [0.3, 0.4) is 0 Å². The molecular weight excluding hydrogens is 172 g/mol. The molecule has 1 fully saturated rings. The number of rotatable bonds is 2. The van der Waals surface area contributed by atoms with Crippen molar-refractivity contribution < 1.29 is 4.74 Å². The fraction of sp³-hybridized carbons (Fsp3) is 0.538. The van der Waals surface area contributed by atoms with Crippen LogP contribution in [0.15, 0.2) is 12.1 Å². The molecule has 1 saturated carbocycles. The normalized spacial score (nSPS) is 18.3. The summed E-state index contributed by atoms with van der Waals surface area (Å²) < 4.78 is 5.64. The Morgan fingerprint density at radius 3 is 1.93 bits per heavy atom. The van der Waals surface area contributed by atoms with Crippen molar-refractivity contribution in [1.82, 2.24) is 0 Å². The van der Waals surface area contributed by atoms with Crippen LogP contribution < -0.4 is 0 Å². The van der Waals surface area contributed by atoms with E-state index in [1.54, 1.807) is 0 Å². The maximum atomic E-state index is 5.64. The lowest BCUT2D eigenvalue weighted by molar-refractivity contribution is 0.0778. The zero-order chi connectivity index (χ0) is 10.3. The Labute approximate surface area is 86.1 Å². The van der Waals surface area contributed by atoms with Crippen molar-refractivity contribution in [1.29, 1.82) is 0 Å². The minimum absolute atomic E-state index is 0.0574. The summed E-state index contributed by atoms with van der Waals surface area (Å²) >= 11 is 0. The van der Waals surface area contributed by atoms with E-state index >= 15 is 0 Å². The summed E-state index contributed by atoms with van der Waals surface area (Å²) in [6, 6.07) is 4.50. The van der Waals surface area contributed by atoms with Gasteiger partial charge in [0.1, 0.15) is 0 Å². The lowest BCUT2D eigenvalue weighted by atomic mass is 9.94. The van der Waals surface area contributed by atoms with Gasteiger partial charge in [0.15, 0.2) is 0 Å². The van der Waals surface area contributed by atoms with Gasteiger partial charge in [-0.15, -0.1) is 0 Å². The van der Waals surface area contributed by atoms with Gasteiger partial charge >= 0.3 is 0 Å². The second kappa shape index (κ2) is 3.09. The molecule has 0 spiro atoms. The molecule has 1 aromatic carbocycles. The first-order valence-electron chi connectivity index (χ1n) is 5.22. The van der Waals surface area contributed by atoms with Gasteiger partial charge in [-0.3, -0.25) is 0 Å². The average Bonchev–Trinajstić information content (AvgIpc) is 2.83. The quantitative estimate of drug-likeness (QED) is 0.695. The molecule has 1 nitrogen and oxygen atoms in total. The van der Waals surface area contributed by atoms with Crippen LogP contribution in [0.1, 0.15) is 35.1 Å². The van der Waals surface area contributed by atoms with Gasteiger partial charge in [0.2, 0.25) is 0 Å². The third kappa shape index (κ3) is 1.36. The summed E-state index contributed by atoms with van der Waals surface area (Å²) in [6.45, 7) is 6.53. The molecule has 0 aliphatic heterocycles. The number of hydrogen-bond acceptors (Lipinski definition) is 1. The van der Waals surface area contributed by atoms with E-state index < -0.39 is 0 Å². The number of benzene rings is 1. The zero-order valence-electron chi connectivity index (χ0n) is 9.48. The molecule has 0 saturated heterocycles. The van der Waals surface area contributed by atoms with Crippen LogP contribution in [0.25, 0.3) is 0 Å². The van der Waals surface area contributed by atoms with Gasteiger partial charge in [0.25, 0.3) is 0 Å². The first-order valence-corrected chi connectivity index (χ1v) is 5.22. The Morgan fingerprint density at radius 2 is 1.57 bits per heavy atom. The van der Waals surface area contributed by atoms with Crippen LogP contribution in [0.2, 0.25) is 0 Å². The van der Waals surface area contributed by atoms with E-state index in [1.165, 1.54) is 35.1 Å². The SMILES string of the molecule is COC1(c2c(C)cc(C)cc2C)CC1. The Morgan fingerprint density at radius 1 is 1.07 bits per heavy atom. The fourth-order valence-electron chi connectivity index (χ4n) is 2.57. The Bertz CT molecular complexity index is 338. The number of aryl methyl sites for hydroxylation is 3. The Kier molecular flexibility index (Phi) is 2.15. The van der Waals surface area contributed by atoms with Gasteiger partial charge in [-0.25, -0.2) is 0 Å². The predicted molar refractivity (Wildman–Crippen MR) is 58.6 cm³/mol. The second-order valence-electron chi connectivity index (χ2n) is 4.47. The minimum atomic E-state index is 0.0574. The predicted octanol–water partition coefficient (Wildman–Crippen LogP) is 3.25. The monoisotopic (exact) mass is 190 g/mol. The Balaban J connectivity index is 2.53. The molecule has 0 unspecified atom stereocenters. The van der Waals surface area contributed by atoms with E-state index in [9.17, 15) is 0 Å². The van der Waals surface area contributed by atoms with Crippen molar-refractivity contribution in [2.75, 3.05) is 7.11 Å². The molecule has 1 aromatic rings. The third-order valence-corrected chi connectivity index (χ3v) is 3.23. The summed E-state index contributed by atoms with van der Waals surface area (Å²) in [5.74, 6) is 0. The maximum Gasteiger partial charge on any atom is 0.0935 e. The summed E-state index contributed by atoms with van der Waals surface area (Å²) in [7, 11) is 1.83. The van der Waals surface area contributed by atoms with E-state index in [0.29, 0.717) is 0 Å². The molecule has 0 radical (unpaired) electrons. The van der Waals surface area contributed by atoms with E-state index in [0.717, 1.165) is 0 Å². The highest BCUT2D eigenvalue weighted by Crippen LogP contribution is 2.51. The first-order chi connectivity index (χ1) is 6.59. The van der Waals surface area contributed by atoms with Gasteiger partial charge < -0.3 is 4.74 Å². The van der Waals surface area contributed by atoms with Crippen molar-refractivity contribution in [3.8, 4) is 0 Å². The topological polar surface area (TPSA) is 9.23 Å². The molecule has 0 heterocycles. The lowest BCUT2D eigenvalue weighted by Gasteiger charge is -2.20. The molecule has 0 atom stereocenters. The van der Waals surface area contributed by atoms with E-state index in [-0.39, 0.29) is 5.60 Å². The van der Waals surface area contributed by atoms with Crippen LogP contribution in [0.5, 0.6) is 0 Å². The maximum absolute atomic E-state index is 5.64. The highest BCUT2D eigenvalue weighted by atomic mass is 16.5. The van der Waals surface area contributed by atoms with E-state index in [1.807, 2.05) is 7.11 Å². The zero-order valence-corrected chi connectivity index (χ0v) is 9.48. The van der Waals surface area contributed by atoms with Gasteiger partial charge in [0.05, 0.1) is 5.60 Å². The number of ether oxygens (including phenoxy) is 1. The van der Waals surface area contributed by atoms with Crippen molar-refractivity contribution >= 4 is 0 Å². The summed E-state index contributed by atoms with van der Waals surface area (Å²) in [4.78, 5) is 0. The van der Waals surface area contributed by atoms with Crippen molar-refractivity contribution in [2.45, 2.75) is 39.2 Å². The molecule has 1 aliphatic rings. The molecular formula is C13H18O. The third-order valence-electron chi connectivity index (χ3n) is 3.23. The van der Waals surface area contributed by atoms with E-state index in [4.69, 9.17) is 4.74 Å². The minimum Gasteiger partial charge on any atom is -0.374 e. The van der Waals surface area contributed by atoms with Gasteiger partial charge in [-0.2, -0.15) is 0 Å². The summed E-state index contributed by atoms with van der Waals surface area (Å²) in [6.07, 6.45) is 2.35. The fourth-order valence-corrected chi connectivity index (χ4v) is 2.57. The number of methoxy groups -OCH3 is 1. The lowest BCUT2D eigenvalue weighted by Crippen LogP contribution is -2.13. The molecule has 14 heavy (non-hydrogen) atoms. The smallest absolute Gasteiger partial charge is 0.0935 e. The highest BCUT2D eigenvalue weighted by Gasteiger charge is 2.46. The molecule has 0 aromatic heterocycles. The molecule has 0 amide bonds. The summed E-state index contributed by atoms with van der Waals surface area (Å²) in [5, 5.41) is 0. The van der Waals surface area contributed by atoms with Crippen LogP contribution in [-0.4, -0.2) is 7.11 Å². The first kappa shape index (κ1) is 9.72. The molecule has 76 valence electrons. The van der Waals surface area contributed by atoms with Crippen molar-refractivity contribution in [3.05, 3.63) is 34.4 Å². The second-order valence-corrected chi connectivity index (χ2v) is 4.47. The molecule has 0 N–H and O–H groups in total. The van der Waals surface area contributed by atoms with Gasteiger partial charge in [-0.05, 0) is 50.3 Å². The van der Waals surface area contributed by atoms with Crippen LogP contribution >= 0.6 is 0 Å².